The molecule has 0 atom stereocenters. The number of aryl methyl sites for hydroxylation is 2. The highest BCUT2D eigenvalue weighted by Crippen LogP contribution is 2.30. The molecule has 0 saturated heterocycles. The van der Waals surface area contributed by atoms with Crippen molar-refractivity contribution >= 4 is 22.5 Å². The summed E-state index contributed by atoms with van der Waals surface area (Å²) < 4.78 is 7.65. The van der Waals surface area contributed by atoms with Gasteiger partial charge < -0.3 is 14.3 Å². The molecular weight excluding hydrogens is 352 g/mol. The van der Waals surface area contributed by atoms with Crippen LogP contribution in [0.5, 0.6) is 0 Å². The second-order valence-corrected chi connectivity index (χ2v) is 6.84. The first-order chi connectivity index (χ1) is 13.6. The summed E-state index contributed by atoms with van der Waals surface area (Å²) in [6, 6.07) is 13.8. The number of nitrogens with one attached hydrogen (secondary N) is 1. The van der Waals surface area contributed by atoms with Crippen LogP contribution in [0.3, 0.4) is 0 Å². The molecule has 0 aliphatic carbocycles. The van der Waals surface area contributed by atoms with Crippen LogP contribution in [0, 0.1) is 13.8 Å². The zero-order valence-electron chi connectivity index (χ0n) is 16.2. The quantitative estimate of drug-likeness (QED) is 0.558. The number of nitrogens with zero attached hydrogens (tertiary/aromatic N) is 3. The Bertz CT molecular complexity index is 1160. The molecule has 2 aromatic carbocycles. The van der Waals surface area contributed by atoms with E-state index in [0.717, 1.165) is 33.3 Å². The summed E-state index contributed by atoms with van der Waals surface area (Å²) in [7, 11) is 0. The van der Waals surface area contributed by atoms with Crippen molar-refractivity contribution in [3.05, 3.63) is 65.7 Å². The van der Waals surface area contributed by atoms with Gasteiger partial charge in [0, 0.05) is 29.2 Å². The van der Waals surface area contributed by atoms with Crippen LogP contribution in [0.25, 0.3) is 22.4 Å². The molecule has 28 heavy (non-hydrogen) atoms. The minimum absolute atomic E-state index is 0.0826. The van der Waals surface area contributed by atoms with Gasteiger partial charge in [0.25, 0.3) is 0 Å². The van der Waals surface area contributed by atoms with Gasteiger partial charge in [-0.05, 0) is 37.1 Å². The predicted molar refractivity (Wildman–Crippen MR) is 109 cm³/mol. The Morgan fingerprint density at radius 3 is 2.71 bits per heavy atom. The second kappa shape index (κ2) is 7.31. The first-order valence-electron chi connectivity index (χ1n) is 9.33. The monoisotopic (exact) mass is 374 g/mol. The lowest BCUT2D eigenvalue weighted by Gasteiger charge is -2.11. The highest BCUT2D eigenvalue weighted by atomic mass is 16.4. The van der Waals surface area contributed by atoms with Crippen molar-refractivity contribution in [3.63, 3.8) is 0 Å². The van der Waals surface area contributed by atoms with Gasteiger partial charge >= 0.3 is 0 Å². The predicted octanol–water partition coefficient (Wildman–Crippen LogP) is 4.51. The fourth-order valence-electron chi connectivity index (χ4n) is 3.28. The van der Waals surface area contributed by atoms with Crippen molar-refractivity contribution in [1.82, 2.24) is 14.8 Å². The number of para-hydroxylation sites is 1. The van der Waals surface area contributed by atoms with Crippen molar-refractivity contribution in [1.29, 1.82) is 0 Å². The van der Waals surface area contributed by atoms with Crippen LogP contribution in [-0.2, 0) is 17.8 Å². The Balaban J connectivity index is 1.65. The van der Waals surface area contributed by atoms with Crippen molar-refractivity contribution in [2.24, 2.45) is 0 Å². The van der Waals surface area contributed by atoms with Gasteiger partial charge in [-0.2, -0.15) is 0 Å². The third kappa shape index (κ3) is 3.29. The summed E-state index contributed by atoms with van der Waals surface area (Å²) in [6.45, 7) is 6.21. The summed E-state index contributed by atoms with van der Waals surface area (Å²) in [5.74, 6) is 0.988. The first-order valence-corrected chi connectivity index (χ1v) is 9.33. The van der Waals surface area contributed by atoms with Gasteiger partial charge in [0.2, 0.25) is 17.7 Å². The molecule has 2 aromatic heterocycles. The molecule has 6 nitrogen and oxygen atoms in total. The largest absolute Gasteiger partial charge is 0.421 e. The number of rotatable bonds is 5. The van der Waals surface area contributed by atoms with Crippen molar-refractivity contribution in [3.8, 4) is 11.5 Å². The second-order valence-electron chi connectivity index (χ2n) is 6.84. The number of hydrogen-bond acceptors (Lipinski definition) is 4. The molecule has 0 spiro atoms. The van der Waals surface area contributed by atoms with Crippen LogP contribution in [0.4, 0.5) is 5.69 Å². The molecule has 142 valence electrons. The minimum Gasteiger partial charge on any atom is -0.421 e. The Hall–Kier alpha value is -3.41. The maximum Gasteiger partial charge on any atom is 0.249 e. The van der Waals surface area contributed by atoms with E-state index >= 15 is 0 Å². The molecule has 0 aliphatic rings. The summed E-state index contributed by atoms with van der Waals surface area (Å²) in [5.41, 5.74) is 4.85. The van der Waals surface area contributed by atoms with E-state index in [1.165, 1.54) is 0 Å². The average molecular weight is 374 g/mol. The molecule has 0 unspecified atom stereocenters. The van der Waals surface area contributed by atoms with E-state index in [0.29, 0.717) is 18.2 Å². The van der Waals surface area contributed by atoms with Gasteiger partial charge in [-0.3, -0.25) is 4.79 Å². The fourth-order valence-corrected chi connectivity index (χ4v) is 3.28. The van der Waals surface area contributed by atoms with Crippen LogP contribution in [0.15, 0.2) is 53.1 Å². The molecule has 1 N–H and O–H groups in total. The van der Waals surface area contributed by atoms with Gasteiger partial charge in [0.05, 0.1) is 5.56 Å². The molecule has 2 heterocycles. The molecule has 0 bridgehead atoms. The number of anilines is 1. The number of carbonyl (C=O) groups excluding carboxylic acids is 1. The summed E-state index contributed by atoms with van der Waals surface area (Å²) >= 11 is 0. The highest BCUT2D eigenvalue weighted by Gasteiger charge is 2.17. The molecule has 0 saturated carbocycles. The summed E-state index contributed by atoms with van der Waals surface area (Å²) in [5, 5.41) is 12.2. The van der Waals surface area contributed by atoms with Crippen LogP contribution < -0.4 is 5.32 Å². The molecule has 0 aliphatic heterocycles. The van der Waals surface area contributed by atoms with Gasteiger partial charge in [0.1, 0.15) is 6.54 Å². The van der Waals surface area contributed by atoms with Gasteiger partial charge in [0.15, 0.2) is 0 Å². The van der Waals surface area contributed by atoms with Gasteiger partial charge in [-0.15, -0.1) is 10.2 Å². The first kappa shape index (κ1) is 18.0. The molecule has 1 amide bonds. The maximum absolute atomic E-state index is 12.7. The average Bonchev–Trinajstić information content (AvgIpc) is 3.30. The van der Waals surface area contributed by atoms with Crippen LogP contribution in [0.1, 0.15) is 23.9 Å². The van der Waals surface area contributed by atoms with Crippen molar-refractivity contribution in [2.75, 3.05) is 5.32 Å². The standard InChI is InChI=1S/C22H22N4O2/c1-4-21-24-25-22(28-21)17-12-26(19-11-6-5-9-16(17)19)13-20(27)23-18-10-7-8-14(2)15(18)3/h5-12H,4,13H2,1-3H3,(H,23,27). The lowest BCUT2D eigenvalue weighted by molar-refractivity contribution is -0.116. The number of fused-ring (bicyclic) bond motifs is 1. The van der Waals surface area contributed by atoms with E-state index in [2.05, 4.69) is 15.5 Å². The normalized spacial score (nSPS) is 11.1. The third-order valence-electron chi connectivity index (χ3n) is 4.98. The van der Waals surface area contributed by atoms with Crippen LogP contribution in [0.2, 0.25) is 0 Å². The summed E-state index contributed by atoms with van der Waals surface area (Å²) in [6.07, 6.45) is 2.59. The Morgan fingerprint density at radius 2 is 1.93 bits per heavy atom. The number of amides is 1. The van der Waals surface area contributed by atoms with E-state index < -0.39 is 0 Å². The number of benzene rings is 2. The number of carbonyl (C=O) groups is 1. The number of aromatic nitrogens is 3. The van der Waals surface area contributed by atoms with Gasteiger partial charge in [-0.1, -0.05) is 37.3 Å². The maximum atomic E-state index is 12.7. The van der Waals surface area contributed by atoms with E-state index in [1.54, 1.807) is 0 Å². The van der Waals surface area contributed by atoms with Crippen molar-refractivity contribution < 1.29 is 9.21 Å². The van der Waals surface area contributed by atoms with Gasteiger partial charge in [-0.25, -0.2) is 0 Å². The third-order valence-corrected chi connectivity index (χ3v) is 4.98. The SMILES string of the molecule is CCc1nnc(-c2cn(CC(=O)Nc3cccc(C)c3C)c3ccccc23)o1. The summed E-state index contributed by atoms with van der Waals surface area (Å²) in [4.78, 5) is 12.7. The molecule has 4 aromatic rings. The molecular formula is C22H22N4O2. The zero-order chi connectivity index (χ0) is 19.7. The van der Waals surface area contributed by atoms with Crippen molar-refractivity contribution in [2.45, 2.75) is 33.7 Å². The minimum atomic E-state index is -0.0826. The molecule has 4 rings (SSSR count). The molecule has 0 fully saturated rings. The van der Waals surface area contributed by atoms with E-state index in [9.17, 15) is 4.79 Å². The molecule has 0 radical (unpaired) electrons. The Morgan fingerprint density at radius 1 is 1.11 bits per heavy atom. The lowest BCUT2D eigenvalue weighted by Crippen LogP contribution is -2.19. The Kier molecular flexibility index (Phi) is 4.69. The Labute approximate surface area is 163 Å². The highest BCUT2D eigenvalue weighted by molar-refractivity contribution is 5.97. The zero-order valence-corrected chi connectivity index (χ0v) is 16.2. The number of hydrogen-bond donors (Lipinski definition) is 1. The lowest BCUT2D eigenvalue weighted by atomic mass is 10.1. The topological polar surface area (TPSA) is 73.0 Å². The van der Waals surface area contributed by atoms with E-state index in [-0.39, 0.29) is 12.5 Å². The fraction of sp³-hybridized carbons (Fsp3) is 0.227. The van der Waals surface area contributed by atoms with E-state index in [4.69, 9.17) is 4.42 Å². The smallest absolute Gasteiger partial charge is 0.249 e. The molecule has 6 heteroatoms. The van der Waals surface area contributed by atoms with E-state index in [1.807, 2.05) is 74.0 Å². The van der Waals surface area contributed by atoms with Crippen LogP contribution in [-0.4, -0.2) is 20.7 Å². The van der Waals surface area contributed by atoms with Crippen LogP contribution >= 0.6 is 0 Å².